The van der Waals surface area contributed by atoms with E-state index in [-0.39, 0.29) is 11.5 Å². The maximum atomic E-state index is 10.2. The predicted octanol–water partition coefficient (Wildman–Crippen LogP) is 2.95. The van der Waals surface area contributed by atoms with Crippen molar-refractivity contribution in [3.8, 4) is 5.75 Å². The van der Waals surface area contributed by atoms with Crippen LogP contribution in [0.1, 0.15) is 44.2 Å². The quantitative estimate of drug-likeness (QED) is 0.745. The predicted molar refractivity (Wildman–Crippen MR) is 67.4 cm³/mol. The molecule has 0 amide bonds. The van der Waals surface area contributed by atoms with Gasteiger partial charge in [0.15, 0.2) is 0 Å². The van der Waals surface area contributed by atoms with Crippen molar-refractivity contribution >= 4 is 0 Å². The summed E-state index contributed by atoms with van der Waals surface area (Å²) in [6.45, 7) is 6.42. The molecule has 1 heterocycles. The Kier molecular flexibility index (Phi) is 2.13. The van der Waals surface area contributed by atoms with Gasteiger partial charge in [-0.15, -0.1) is 0 Å². The van der Waals surface area contributed by atoms with Crippen LogP contribution in [0, 0.1) is 6.92 Å². The molecule has 2 aliphatic rings. The van der Waals surface area contributed by atoms with Gasteiger partial charge in [-0.25, -0.2) is 0 Å². The van der Waals surface area contributed by atoms with E-state index in [4.69, 9.17) is 4.74 Å². The molecule has 2 nitrogen and oxygen atoms in total. The van der Waals surface area contributed by atoms with Crippen LogP contribution in [0.15, 0.2) is 18.2 Å². The maximum Gasteiger partial charge on any atom is 0.133 e. The molecular formula is C15H20O2. The smallest absolute Gasteiger partial charge is 0.133 e. The Morgan fingerprint density at radius 1 is 1.35 bits per heavy atom. The summed E-state index contributed by atoms with van der Waals surface area (Å²) in [6, 6.07) is 6.45. The molecule has 1 aromatic rings. The van der Waals surface area contributed by atoms with Crippen molar-refractivity contribution in [3.63, 3.8) is 0 Å². The largest absolute Gasteiger partial charge is 0.485 e. The molecule has 1 aliphatic heterocycles. The Morgan fingerprint density at radius 2 is 2.12 bits per heavy atom. The van der Waals surface area contributed by atoms with Crippen LogP contribution in [0.25, 0.3) is 0 Å². The highest BCUT2D eigenvalue weighted by atomic mass is 16.5. The van der Waals surface area contributed by atoms with Gasteiger partial charge in [0.2, 0.25) is 0 Å². The lowest BCUT2D eigenvalue weighted by molar-refractivity contribution is -0.102. The standard InChI is InChI=1S/C15H20O2/c1-10-4-5-11-12(8-10)17-15(3)9-14(11,2)7-6-13(15)16/h4-5,8,13,16H,6-7,9H2,1-3H3. The molecule has 2 bridgehead atoms. The van der Waals surface area contributed by atoms with Gasteiger partial charge in [0, 0.05) is 11.0 Å². The van der Waals surface area contributed by atoms with Crippen LogP contribution in [0.4, 0.5) is 0 Å². The first-order chi connectivity index (χ1) is 7.93. The molecular weight excluding hydrogens is 212 g/mol. The van der Waals surface area contributed by atoms with E-state index in [9.17, 15) is 5.11 Å². The summed E-state index contributed by atoms with van der Waals surface area (Å²) in [5.41, 5.74) is 2.28. The van der Waals surface area contributed by atoms with Gasteiger partial charge in [-0.2, -0.15) is 0 Å². The van der Waals surface area contributed by atoms with E-state index in [1.165, 1.54) is 11.1 Å². The van der Waals surface area contributed by atoms with Crippen molar-refractivity contribution < 1.29 is 9.84 Å². The fourth-order valence-corrected chi connectivity index (χ4v) is 3.54. The van der Waals surface area contributed by atoms with Crippen molar-refractivity contribution in [1.82, 2.24) is 0 Å². The summed E-state index contributed by atoms with van der Waals surface area (Å²) in [5, 5.41) is 10.2. The van der Waals surface area contributed by atoms with Gasteiger partial charge in [0.1, 0.15) is 11.4 Å². The number of fused-ring (bicyclic) bond motifs is 4. The molecule has 0 saturated heterocycles. The van der Waals surface area contributed by atoms with Crippen molar-refractivity contribution in [2.75, 3.05) is 0 Å². The van der Waals surface area contributed by atoms with Crippen LogP contribution in [0.2, 0.25) is 0 Å². The second-order valence-electron chi connectivity index (χ2n) is 6.21. The highest BCUT2D eigenvalue weighted by molar-refractivity contribution is 5.45. The zero-order valence-electron chi connectivity index (χ0n) is 10.8. The van der Waals surface area contributed by atoms with E-state index in [0.29, 0.717) is 0 Å². The first-order valence-electron chi connectivity index (χ1n) is 6.41. The van der Waals surface area contributed by atoms with E-state index in [2.05, 4.69) is 32.0 Å². The molecule has 1 fully saturated rings. The highest BCUT2D eigenvalue weighted by Crippen LogP contribution is 2.52. The maximum absolute atomic E-state index is 10.2. The lowest BCUT2D eigenvalue weighted by Crippen LogP contribution is -2.56. The Hall–Kier alpha value is -1.02. The molecule has 0 radical (unpaired) electrons. The molecule has 1 saturated carbocycles. The fourth-order valence-electron chi connectivity index (χ4n) is 3.54. The number of aliphatic hydroxyl groups excluding tert-OH is 1. The van der Waals surface area contributed by atoms with Crippen LogP contribution in [0.3, 0.4) is 0 Å². The summed E-state index contributed by atoms with van der Waals surface area (Å²) in [6.07, 6.45) is 2.45. The molecule has 92 valence electrons. The Balaban J connectivity index is 2.16. The molecule has 3 rings (SSSR count). The number of aryl methyl sites for hydroxylation is 1. The molecule has 0 aromatic heterocycles. The van der Waals surface area contributed by atoms with Gasteiger partial charge in [-0.05, 0) is 44.7 Å². The number of hydrogen-bond donors (Lipinski definition) is 1. The first-order valence-corrected chi connectivity index (χ1v) is 6.41. The lowest BCUT2D eigenvalue weighted by atomic mass is 9.62. The SMILES string of the molecule is Cc1ccc2c(c1)OC1(C)CC2(C)CCC1O. The Bertz CT molecular complexity index is 468. The van der Waals surface area contributed by atoms with Gasteiger partial charge in [-0.1, -0.05) is 19.1 Å². The van der Waals surface area contributed by atoms with Crippen LogP contribution in [-0.2, 0) is 5.41 Å². The van der Waals surface area contributed by atoms with Crippen LogP contribution >= 0.6 is 0 Å². The molecule has 0 spiro atoms. The van der Waals surface area contributed by atoms with Crippen LogP contribution in [-0.4, -0.2) is 16.8 Å². The average molecular weight is 232 g/mol. The monoisotopic (exact) mass is 232 g/mol. The van der Waals surface area contributed by atoms with E-state index in [0.717, 1.165) is 25.0 Å². The van der Waals surface area contributed by atoms with Crippen molar-refractivity contribution in [3.05, 3.63) is 29.3 Å². The van der Waals surface area contributed by atoms with E-state index < -0.39 is 5.60 Å². The van der Waals surface area contributed by atoms with Gasteiger partial charge >= 0.3 is 0 Å². The van der Waals surface area contributed by atoms with E-state index in [1.54, 1.807) is 0 Å². The van der Waals surface area contributed by atoms with E-state index in [1.807, 2.05) is 6.92 Å². The molecule has 1 aliphatic carbocycles. The van der Waals surface area contributed by atoms with Crippen LogP contribution < -0.4 is 4.74 Å². The summed E-state index contributed by atoms with van der Waals surface area (Å²) in [7, 11) is 0. The molecule has 17 heavy (non-hydrogen) atoms. The highest BCUT2D eigenvalue weighted by Gasteiger charge is 2.51. The second kappa shape index (κ2) is 3.26. The molecule has 1 aromatic carbocycles. The normalized spacial score (nSPS) is 39.4. The molecule has 3 atom stereocenters. The van der Waals surface area contributed by atoms with Gasteiger partial charge in [0.05, 0.1) is 6.10 Å². The summed E-state index contributed by atoms with van der Waals surface area (Å²) < 4.78 is 6.10. The third kappa shape index (κ3) is 1.50. The molecule has 3 unspecified atom stereocenters. The molecule has 1 N–H and O–H groups in total. The number of benzene rings is 1. The van der Waals surface area contributed by atoms with Crippen molar-refractivity contribution in [2.45, 2.75) is 57.2 Å². The number of hydrogen-bond acceptors (Lipinski definition) is 2. The van der Waals surface area contributed by atoms with Gasteiger partial charge < -0.3 is 9.84 Å². The third-order valence-electron chi connectivity index (χ3n) is 4.55. The minimum absolute atomic E-state index is 0.162. The lowest BCUT2D eigenvalue weighted by Gasteiger charge is -2.52. The number of aliphatic hydroxyl groups is 1. The second-order valence-corrected chi connectivity index (χ2v) is 6.21. The van der Waals surface area contributed by atoms with Gasteiger partial charge in [-0.3, -0.25) is 0 Å². The number of rotatable bonds is 0. The summed E-state index contributed by atoms with van der Waals surface area (Å²) in [4.78, 5) is 0. The van der Waals surface area contributed by atoms with Crippen molar-refractivity contribution in [2.24, 2.45) is 0 Å². The third-order valence-corrected chi connectivity index (χ3v) is 4.55. The zero-order chi connectivity index (χ0) is 12.3. The minimum Gasteiger partial charge on any atom is -0.485 e. The van der Waals surface area contributed by atoms with Gasteiger partial charge in [0.25, 0.3) is 0 Å². The average Bonchev–Trinajstić information content (AvgIpc) is 2.23. The Morgan fingerprint density at radius 3 is 2.88 bits per heavy atom. The Labute approximate surface area is 103 Å². The topological polar surface area (TPSA) is 29.5 Å². The summed E-state index contributed by atoms with van der Waals surface area (Å²) >= 11 is 0. The number of ether oxygens (including phenoxy) is 1. The summed E-state index contributed by atoms with van der Waals surface area (Å²) in [5.74, 6) is 0.972. The first kappa shape index (κ1) is 11.1. The van der Waals surface area contributed by atoms with Crippen molar-refractivity contribution in [1.29, 1.82) is 0 Å². The molecule has 2 heteroatoms. The zero-order valence-corrected chi connectivity index (χ0v) is 10.8. The fraction of sp³-hybridized carbons (Fsp3) is 0.600. The van der Waals surface area contributed by atoms with E-state index >= 15 is 0 Å². The minimum atomic E-state index is -0.409. The van der Waals surface area contributed by atoms with Crippen LogP contribution in [0.5, 0.6) is 5.75 Å².